The van der Waals surface area contributed by atoms with E-state index in [9.17, 15) is 0 Å². The lowest BCUT2D eigenvalue weighted by Gasteiger charge is -2.32. The summed E-state index contributed by atoms with van der Waals surface area (Å²) in [6.07, 6.45) is 10.6. The van der Waals surface area contributed by atoms with Crippen molar-refractivity contribution in [3.8, 4) is 0 Å². The lowest BCUT2D eigenvalue weighted by Crippen LogP contribution is -2.26. The highest BCUT2D eigenvalue weighted by Gasteiger charge is 2.27. The minimum Gasteiger partial charge on any atom is -0.191 e. The first kappa shape index (κ1) is 16.0. The molecule has 2 aliphatic rings. The van der Waals surface area contributed by atoms with Crippen LogP contribution in [-0.2, 0) is 0 Å². The maximum Gasteiger partial charge on any atom is 0.0734 e. The van der Waals surface area contributed by atoms with Gasteiger partial charge in [-0.05, 0) is 55.8 Å². The van der Waals surface area contributed by atoms with Crippen molar-refractivity contribution in [2.75, 3.05) is 0 Å². The first-order valence-corrected chi connectivity index (χ1v) is 9.00. The Kier molecular flexibility index (Phi) is 6.04. The maximum absolute atomic E-state index is 4.77. The van der Waals surface area contributed by atoms with Crippen LogP contribution < -0.4 is 0 Å². The monoisotopic (exact) mass is 278 g/mol. The van der Waals surface area contributed by atoms with Crippen molar-refractivity contribution in [2.45, 2.75) is 91.1 Å². The second kappa shape index (κ2) is 7.56. The Morgan fingerprint density at radius 1 is 1.00 bits per heavy atom. The van der Waals surface area contributed by atoms with Gasteiger partial charge in [-0.3, -0.25) is 0 Å². The third-order valence-corrected chi connectivity index (χ3v) is 5.90. The molecule has 0 aliphatic heterocycles. The quantitative estimate of drug-likeness (QED) is 0.575. The van der Waals surface area contributed by atoms with E-state index in [1.54, 1.807) is 0 Å². The summed E-state index contributed by atoms with van der Waals surface area (Å²) in [5.74, 6) is 3.38. The van der Waals surface area contributed by atoms with Gasteiger partial charge in [0.1, 0.15) is 0 Å². The number of azo groups is 1. The van der Waals surface area contributed by atoms with Gasteiger partial charge in [0.25, 0.3) is 0 Å². The van der Waals surface area contributed by atoms with Crippen molar-refractivity contribution < 1.29 is 0 Å². The fourth-order valence-electron chi connectivity index (χ4n) is 4.16. The van der Waals surface area contributed by atoms with E-state index >= 15 is 0 Å². The number of nitrogens with zero attached hydrogens (tertiary/aromatic N) is 2. The van der Waals surface area contributed by atoms with Gasteiger partial charge >= 0.3 is 0 Å². The molecule has 0 N–H and O–H groups in total. The van der Waals surface area contributed by atoms with E-state index in [-0.39, 0.29) is 0 Å². The summed E-state index contributed by atoms with van der Waals surface area (Å²) in [4.78, 5) is 0. The third kappa shape index (κ3) is 4.30. The maximum atomic E-state index is 4.77. The number of hydrogen-bond donors (Lipinski definition) is 0. The topological polar surface area (TPSA) is 24.7 Å². The molecule has 0 bridgehead atoms. The first-order valence-electron chi connectivity index (χ1n) is 9.00. The predicted molar refractivity (Wildman–Crippen MR) is 86.0 cm³/mol. The molecule has 6 unspecified atom stereocenters. The molecule has 6 atom stereocenters. The SMILES string of the molecule is CCC(C)C1CCCC(N=NC2CCC(C)CC2C)C1. The van der Waals surface area contributed by atoms with Crippen molar-refractivity contribution in [1.82, 2.24) is 0 Å². The van der Waals surface area contributed by atoms with Gasteiger partial charge in [-0.1, -0.05) is 47.0 Å². The molecule has 0 spiro atoms. The molecule has 0 heterocycles. The highest BCUT2D eigenvalue weighted by Crippen LogP contribution is 2.35. The second-order valence-corrected chi connectivity index (χ2v) is 7.66. The average molecular weight is 278 g/mol. The molecule has 2 saturated carbocycles. The van der Waals surface area contributed by atoms with Gasteiger partial charge in [0.15, 0.2) is 0 Å². The lowest BCUT2D eigenvalue weighted by molar-refractivity contribution is 0.224. The van der Waals surface area contributed by atoms with Crippen LogP contribution in [0.3, 0.4) is 0 Å². The summed E-state index contributed by atoms with van der Waals surface area (Å²) in [6, 6.07) is 1.03. The van der Waals surface area contributed by atoms with Gasteiger partial charge < -0.3 is 0 Å². The predicted octanol–water partition coefficient (Wildman–Crippen LogP) is 5.87. The summed E-state index contributed by atoms with van der Waals surface area (Å²) < 4.78 is 0. The zero-order chi connectivity index (χ0) is 14.5. The van der Waals surface area contributed by atoms with Crippen LogP contribution in [0.15, 0.2) is 10.2 Å². The zero-order valence-corrected chi connectivity index (χ0v) is 14.0. The molecule has 0 saturated heterocycles. The zero-order valence-electron chi connectivity index (χ0n) is 14.0. The summed E-state index contributed by atoms with van der Waals surface area (Å²) in [5.41, 5.74) is 0. The van der Waals surface area contributed by atoms with Crippen LogP contribution in [-0.4, -0.2) is 12.1 Å². The largest absolute Gasteiger partial charge is 0.191 e. The summed E-state index contributed by atoms with van der Waals surface area (Å²) in [6.45, 7) is 9.47. The van der Waals surface area contributed by atoms with Crippen molar-refractivity contribution in [3.05, 3.63) is 0 Å². The van der Waals surface area contributed by atoms with Gasteiger partial charge in [0.05, 0.1) is 12.1 Å². The number of hydrogen-bond acceptors (Lipinski definition) is 2. The van der Waals surface area contributed by atoms with E-state index in [0.717, 1.165) is 23.7 Å². The number of rotatable bonds is 4. The van der Waals surface area contributed by atoms with E-state index in [0.29, 0.717) is 12.1 Å². The molecule has 0 radical (unpaired) electrons. The lowest BCUT2D eigenvalue weighted by atomic mass is 9.78. The molecule has 20 heavy (non-hydrogen) atoms. The van der Waals surface area contributed by atoms with Crippen LogP contribution >= 0.6 is 0 Å². The first-order chi connectivity index (χ1) is 9.60. The van der Waals surface area contributed by atoms with Gasteiger partial charge in [-0.2, -0.15) is 10.2 Å². The third-order valence-electron chi connectivity index (χ3n) is 5.90. The van der Waals surface area contributed by atoms with Crippen molar-refractivity contribution >= 4 is 0 Å². The fourth-order valence-corrected chi connectivity index (χ4v) is 4.16. The molecule has 2 rings (SSSR count). The molecule has 0 aromatic rings. The Morgan fingerprint density at radius 3 is 2.50 bits per heavy atom. The molecule has 2 heteroatoms. The van der Waals surface area contributed by atoms with Crippen LogP contribution in [0, 0.1) is 23.7 Å². The summed E-state index contributed by atoms with van der Waals surface area (Å²) >= 11 is 0. The van der Waals surface area contributed by atoms with Gasteiger partial charge in [0.2, 0.25) is 0 Å². The summed E-state index contributed by atoms with van der Waals surface area (Å²) in [5, 5.41) is 9.54. The molecular weight excluding hydrogens is 244 g/mol. The minimum atomic E-state index is 0.509. The second-order valence-electron chi connectivity index (χ2n) is 7.66. The van der Waals surface area contributed by atoms with Crippen LogP contribution in [0.25, 0.3) is 0 Å². The van der Waals surface area contributed by atoms with Crippen molar-refractivity contribution in [2.24, 2.45) is 33.9 Å². The van der Waals surface area contributed by atoms with Crippen LogP contribution in [0.1, 0.15) is 79.1 Å². The van der Waals surface area contributed by atoms with Gasteiger partial charge in [-0.15, -0.1) is 0 Å². The highest BCUT2D eigenvalue weighted by molar-refractivity contribution is 4.83. The molecule has 0 aromatic heterocycles. The van der Waals surface area contributed by atoms with E-state index in [4.69, 9.17) is 10.2 Å². The van der Waals surface area contributed by atoms with E-state index in [1.807, 2.05) is 0 Å². The van der Waals surface area contributed by atoms with Crippen LogP contribution in [0.5, 0.6) is 0 Å². The van der Waals surface area contributed by atoms with Gasteiger partial charge in [0, 0.05) is 0 Å². The van der Waals surface area contributed by atoms with Crippen molar-refractivity contribution in [1.29, 1.82) is 0 Å². The molecule has 2 nitrogen and oxygen atoms in total. The van der Waals surface area contributed by atoms with E-state index in [1.165, 1.54) is 51.4 Å². The molecular formula is C18H34N2. The van der Waals surface area contributed by atoms with Crippen molar-refractivity contribution in [3.63, 3.8) is 0 Å². The Morgan fingerprint density at radius 2 is 1.80 bits per heavy atom. The smallest absolute Gasteiger partial charge is 0.0734 e. The Balaban J connectivity index is 1.84. The average Bonchev–Trinajstić information content (AvgIpc) is 2.46. The van der Waals surface area contributed by atoms with Crippen LogP contribution in [0.2, 0.25) is 0 Å². The van der Waals surface area contributed by atoms with Gasteiger partial charge in [-0.25, -0.2) is 0 Å². The molecule has 116 valence electrons. The molecule has 0 aromatic carbocycles. The molecule has 2 aliphatic carbocycles. The Bertz CT molecular complexity index is 313. The Hall–Kier alpha value is -0.400. The summed E-state index contributed by atoms with van der Waals surface area (Å²) in [7, 11) is 0. The standard InChI is InChI=1S/C18H34N2/c1-5-14(3)16-7-6-8-17(12-16)19-20-18-10-9-13(2)11-15(18)4/h13-18H,5-12H2,1-4H3. The van der Waals surface area contributed by atoms with Crippen LogP contribution in [0.4, 0.5) is 0 Å². The molecule has 0 amide bonds. The van der Waals surface area contributed by atoms with E-state index < -0.39 is 0 Å². The molecule has 2 fully saturated rings. The minimum absolute atomic E-state index is 0.509. The normalized spacial score (nSPS) is 40.9. The Labute approximate surface area is 125 Å². The fraction of sp³-hybridized carbons (Fsp3) is 1.00. The highest BCUT2D eigenvalue weighted by atomic mass is 15.1. The van der Waals surface area contributed by atoms with E-state index in [2.05, 4.69) is 27.7 Å².